The van der Waals surface area contributed by atoms with Crippen LogP contribution >= 0.6 is 27.5 Å². The molecule has 1 unspecified atom stereocenters. The molecule has 0 aliphatic heterocycles. The van der Waals surface area contributed by atoms with Crippen LogP contribution in [0.4, 0.5) is 0 Å². The van der Waals surface area contributed by atoms with Crippen LogP contribution in [-0.2, 0) is 4.74 Å². The summed E-state index contributed by atoms with van der Waals surface area (Å²) in [4.78, 5) is 22.9. The van der Waals surface area contributed by atoms with Gasteiger partial charge in [0.25, 0.3) is 0 Å². The summed E-state index contributed by atoms with van der Waals surface area (Å²) in [6.07, 6.45) is 0. The number of hydrogen-bond donors (Lipinski definition) is 0. The topological polar surface area (TPSA) is 43.4 Å². The lowest BCUT2D eigenvalue weighted by atomic mass is 10.0. The van der Waals surface area contributed by atoms with Gasteiger partial charge in [-0.15, -0.1) is 0 Å². The lowest BCUT2D eigenvalue weighted by Gasteiger charge is -2.08. The highest BCUT2D eigenvalue weighted by Gasteiger charge is 2.20. The van der Waals surface area contributed by atoms with E-state index in [1.807, 2.05) is 0 Å². The van der Waals surface area contributed by atoms with Crippen LogP contribution in [0.2, 0.25) is 5.02 Å². The van der Waals surface area contributed by atoms with E-state index in [9.17, 15) is 9.59 Å². The van der Waals surface area contributed by atoms with E-state index in [1.165, 1.54) is 19.2 Å². The van der Waals surface area contributed by atoms with Crippen LogP contribution in [-0.4, -0.2) is 23.7 Å². The van der Waals surface area contributed by atoms with Gasteiger partial charge >= 0.3 is 5.97 Å². The molecular weight excluding hydrogens is 295 g/mol. The number of carbonyl (C=O) groups excluding carboxylic acids is 2. The van der Waals surface area contributed by atoms with Crippen molar-refractivity contribution < 1.29 is 14.3 Å². The van der Waals surface area contributed by atoms with Crippen molar-refractivity contribution in [2.45, 2.75) is 11.8 Å². The molecule has 0 saturated heterocycles. The van der Waals surface area contributed by atoms with Crippen molar-refractivity contribution in [1.82, 2.24) is 0 Å². The van der Waals surface area contributed by atoms with Crippen molar-refractivity contribution in [2.75, 3.05) is 7.11 Å². The lowest BCUT2D eigenvalue weighted by Crippen LogP contribution is -2.16. The molecule has 1 atom stereocenters. The fraction of sp³-hybridized carbons (Fsp3) is 0.273. The molecule has 16 heavy (non-hydrogen) atoms. The number of halogens is 2. The number of ketones is 1. The highest BCUT2D eigenvalue weighted by Crippen LogP contribution is 2.20. The van der Waals surface area contributed by atoms with Crippen LogP contribution < -0.4 is 0 Å². The average molecular weight is 306 g/mol. The van der Waals surface area contributed by atoms with Crippen LogP contribution in [0.15, 0.2) is 18.2 Å². The minimum atomic E-state index is -0.570. The summed E-state index contributed by atoms with van der Waals surface area (Å²) in [6.45, 7) is 1.69. The Balaban J connectivity index is 3.28. The van der Waals surface area contributed by atoms with Crippen LogP contribution in [0.3, 0.4) is 0 Å². The summed E-state index contributed by atoms with van der Waals surface area (Å²) in [6, 6.07) is 4.52. The number of hydrogen-bond acceptors (Lipinski definition) is 3. The van der Waals surface area contributed by atoms with Gasteiger partial charge in [-0.25, -0.2) is 4.79 Å². The van der Waals surface area contributed by atoms with Gasteiger partial charge in [0.1, 0.15) is 0 Å². The summed E-state index contributed by atoms with van der Waals surface area (Å²) in [5, 5.41) is 0.388. The maximum atomic E-state index is 11.8. The molecule has 86 valence electrons. The van der Waals surface area contributed by atoms with E-state index in [4.69, 9.17) is 11.6 Å². The molecule has 0 spiro atoms. The van der Waals surface area contributed by atoms with Gasteiger partial charge in [-0.3, -0.25) is 4.79 Å². The van der Waals surface area contributed by atoms with Crippen LogP contribution in [0.25, 0.3) is 0 Å². The molecule has 0 aliphatic rings. The smallest absolute Gasteiger partial charge is 0.338 e. The van der Waals surface area contributed by atoms with Crippen molar-refractivity contribution in [3.8, 4) is 0 Å². The van der Waals surface area contributed by atoms with Crippen molar-refractivity contribution in [2.24, 2.45) is 0 Å². The highest BCUT2D eigenvalue weighted by molar-refractivity contribution is 9.10. The molecule has 1 aromatic rings. The number of benzene rings is 1. The molecule has 0 bridgehead atoms. The molecule has 5 heteroatoms. The second-order valence-corrected chi connectivity index (χ2v) is 4.97. The van der Waals surface area contributed by atoms with Gasteiger partial charge in [0.15, 0.2) is 5.78 Å². The Kier molecular flexibility index (Phi) is 4.50. The minimum Gasteiger partial charge on any atom is -0.465 e. The summed E-state index contributed by atoms with van der Waals surface area (Å²) < 4.78 is 4.60. The number of rotatable bonds is 3. The molecular formula is C11H10BrClO3. The Morgan fingerprint density at radius 1 is 1.38 bits per heavy atom. The van der Waals surface area contributed by atoms with Gasteiger partial charge in [-0.2, -0.15) is 0 Å². The second kappa shape index (κ2) is 5.46. The fourth-order valence-electron chi connectivity index (χ4n) is 1.22. The predicted molar refractivity (Wildman–Crippen MR) is 65.5 cm³/mol. The SMILES string of the molecule is COC(=O)c1cc(Cl)ccc1C(=O)C(C)Br. The maximum Gasteiger partial charge on any atom is 0.338 e. The average Bonchev–Trinajstić information content (AvgIpc) is 2.26. The van der Waals surface area contributed by atoms with Gasteiger partial charge < -0.3 is 4.74 Å². The van der Waals surface area contributed by atoms with Crippen LogP contribution in [0, 0.1) is 0 Å². The fourth-order valence-corrected chi connectivity index (χ4v) is 1.64. The quantitative estimate of drug-likeness (QED) is 0.489. The second-order valence-electron chi connectivity index (χ2n) is 3.16. The number of ether oxygens (including phenoxy) is 1. The standard InChI is InChI=1S/C11H10BrClO3/c1-6(12)10(14)8-4-3-7(13)5-9(8)11(15)16-2/h3-6H,1-2H3. The first-order valence-corrected chi connectivity index (χ1v) is 5.83. The van der Waals surface area contributed by atoms with Gasteiger partial charge in [-0.05, 0) is 25.1 Å². The van der Waals surface area contributed by atoms with Crippen molar-refractivity contribution >= 4 is 39.3 Å². The Morgan fingerprint density at radius 3 is 2.50 bits per heavy atom. The maximum absolute atomic E-state index is 11.8. The first kappa shape index (κ1) is 13.2. The predicted octanol–water partition coefficient (Wildman–Crippen LogP) is 3.09. The van der Waals surface area contributed by atoms with Crippen molar-refractivity contribution in [1.29, 1.82) is 0 Å². The summed E-state index contributed by atoms with van der Waals surface area (Å²) in [5.74, 6) is -0.754. The van der Waals surface area contributed by atoms with Crippen molar-refractivity contribution in [3.63, 3.8) is 0 Å². The van der Waals surface area contributed by atoms with Gasteiger partial charge in [-0.1, -0.05) is 27.5 Å². The third-order valence-corrected chi connectivity index (χ3v) is 2.66. The molecule has 0 fully saturated rings. The molecule has 0 saturated carbocycles. The number of esters is 1. The van der Waals surface area contributed by atoms with E-state index in [0.717, 1.165) is 0 Å². The zero-order valence-corrected chi connectivity index (χ0v) is 11.1. The minimum absolute atomic E-state index is 0.183. The molecule has 0 aromatic heterocycles. The Hall–Kier alpha value is -0.870. The Bertz CT molecular complexity index is 429. The summed E-state index contributed by atoms with van der Waals surface area (Å²) >= 11 is 8.94. The monoisotopic (exact) mass is 304 g/mol. The van der Waals surface area contributed by atoms with Crippen molar-refractivity contribution in [3.05, 3.63) is 34.3 Å². The van der Waals surface area contributed by atoms with E-state index in [2.05, 4.69) is 20.7 Å². The Morgan fingerprint density at radius 2 is 2.00 bits per heavy atom. The lowest BCUT2D eigenvalue weighted by molar-refractivity contribution is 0.0597. The normalized spacial score (nSPS) is 12.0. The third-order valence-electron chi connectivity index (χ3n) is 2.01. The summed E-state index contributed by atoms with van der Waals surface area (Å²) in [7, 11) is 1.26. The molecule has 1 aromatic carbocycles. The summed E-state index contributed by atoms with van der Waals surface area (Å²) in [5.41, 5.74) is 0.493. The number of Topliss-reactive ketones (excluding diaryl/α,β-unsaturated/α-hetero) is 1. The first-order chi connectivity index (χ1) is 7.47. The number of alkyl halides is 1. The zero-order valence-electron chi connectivity index (χ0n) is 8.79. The first-order valence-electron chi connectivity index (χ1n) is 4.53. The third kappa shape index (κ3) is 2.83. The molecule has 0 radical (unpaired) electrons. The van der Waals surface area contributed by atoms with Gasteiger partial charge in [0, 0.05) is 10.6 Å². The molecule has 3 nitrogen and oxygen atoms in total. The number of methoxy groups -OCH3 is 1. The van der Waals surface area contributed by atoms with E-state index in [1.54, 1.807) is 13.0 Å². The van der Waals surface area contributed by atoms with Gasteiger partial charge in [0.2, 0.25) is 0 Å². The largest absolute Gasteiger partial charge is 0.465 e. The number of carbonyl (C=O) groups is 2. The van der Waals surface area contributed by atoms with E-state index in [0.29, 0.717) is 10.6 Å². The van der Waals surface area contributed by atoms with E-state index in [-0.39, 0.29) is 16.2 Å². The van der Waals surface area contributed by atoms with E-state index < -0.39 is 5.97 Å². The van der Waals surface area contributed by atoms with Crippen LogP contribution in [0.1, 0.15) is 27.6 Å². The van der Waals surface area contributed by atoms with Gasteiger partial charge in [0.05, 0.1) is 17.5 Å². The molecule has 0 heterocycles. The van der Waals surface area contributed by atoms with E-state index >= 15 is 0 Å². The molecule has 0 aliphatic carbocycles. The highest BCUT2D eigenvalue weighted by atomic mass is 79.9. The Labute approximate surface area is 107 Å². The molecule has 1 rings (SSSR count). The van der Waals surface area contributed by atoms with Crippen LogP contribution in [0.5, 0.6) is 0 Å². The molecule has 0 N–H and O–H groups in total. The molecule has 0 amide bonds. The zero-order chi connectivity index (χ0) is 12.3.